The van der Waals surface area contributed by atoms with Gasteiger partial charge in [0.05, 0.1) is 0 Å². The lowest BCUT2D eigenvalue weighted by atomic mass is 10.0. The predicted octanol–water partition coefficient (Wildman–Crippen LogP) is 2.92. The Morgan fingerprint density at radius 2 is 2.16 bits per heavy atom. The van der Waals surface area contributed by atoms with E-state index in [4.69, 9.17) is 10.7 Å². The number of rotatable bonds is 1. The standard InChI is InChI=1S/C14H14N4S/c15-13-12(9-4-3-7-16-8-9)17-14-18(13)10-5-1-2-6-11(10)19-14/h3-4,7-8H,1-2,5-6,15H2. The molecule has 3 aromatic heterocycles. The van der Waals surface area contributed by atoms with Crippen LogP contribution in [0.1, 0.15) is 23.4 Å². The van der Waals surface area contributed by atoms with Crippen molar-refractivity contribution in [3.63, 3.8) is 0 Å². The van der Waals surface area contributed by atoms with E-state index in [-0.39, 0.29) is 0 Å². The lowest BCUT2D eigenvalue weighted by Gasteiger charge is -2.11. The maximum absolute atomic E-state index is 6.32. The van der Waals surface area contributed by atoms with Gasteiger partial charge in [-0.2, -0.15) is 0 Å². The van der Waals surface area contributed by atoms with Gasteiger partial charge < -0.3 is 5.73 Å². The van der Waals surface area contributed by atoms with Gasteiger partial charge in [-0.3, -0.25) is 9.38 Å². The van der Waals surface area contributed by atoms with Gasteiger partial charge in [0.15, 0.2) is 4.96 Å². The molecule has 0 atom stereocenters. The largest absolute Gasteiger partial charge is 0.383 e. The fourth-order valence-electron chi connectivity index (χ4n) is 2.77. The summed E-state index contributed by atoms with van der Waals surface area (Å²) in [4.78, 5) is 11.3. The molecule has 0 fully saturated rings. The summed E-state index contributed by atoms with van der Waals surface area (Å²) in [6, 6.07) is 3.92. The fraction of sp³-hybridized carbons (Fsp3) is 0.286. The Hall–Kier alpha value is -1.88. The van der Waals surface area contributed by atoms with E-state index in [2.05, 4.69) is 9.38 Å². The molecular formula is C14H14N4S. The van der Waals surface area contributed by atoms with Crippen LogP contribution in [0.15, 0.2) is 24.5 Å². The number of aromatic nitrogens is 3. The van der Waals surface area contributed by atoms with Crippen LogP contribution in [0.2, 0.25) is 0 Å². The smallest absolute Gasteiger partial charge is 0.196 e. The molecule has 0 bridgehead atoms. The molecule has 2 N–H and O–H groups in total. The van der Waals surface area contributed by atoms with Gasteiger partial charge in [-0.25, -0.2) is 4.98 Å². The normalized spacial score (nSPS) is 14.7. The number of hydrogen-bond donors (Lipinski definition) is 1. The fourth-order valence-corrected chi connectivity index (χ4v) is 3.99. The number of fused-ring (bicyclic) bond motifs is 3. The summed E-state index contributed by atoms with van der Waals surface area (Å²) in [6.45, 7) is 0. The Morgan fingerprint density at radius 3 is 3.00 bits per heavy atom. The number of nitrogens with two attached hydrogens (primary N) is 1. The molecule has 0 aliphatic heterocycles. The Kier molecular flexibility index (Phi) is 2.35. The molecular weight excluding hydrogens is 256 g/mol. The molecule has 19 heavy (non-hydrogen) atoms. The molecule has 0 saturated heterocycles. The zero-order valence-electron chi connectivity index (χ0n) is 10.5. The number of imidazole rings is 1. The highest BCUT2D eigenvalue weighted by Crippen LogP contribution is 2.35. The first-order valence-corrected chi connectivity index (χ1v) is 7.35. The first kappa shape index (κ1) is 11.0. The molecule has 3 aromatic rings. The molecule has 0 aromatic carbocycles. The number of nitrogen functional groups attached to an aromatic ring is 1. The van der Waals surface area contributed by atoms with Crippen molar-refractivity contribution < 1.29 is 0 Å². The maximum Gasteiger partial charge on any atom is 0.196 e. The SMILES string of the molecule is Nc1c(-c2cccnc2)nc2sc3c(n12)CCCC3. The molecule has 0 radical (unpaired) electrons. The van der Waals surface area contributed by atoms with Crippen LogP contribution in [0.3, 0.4) is 0 Å². The van der Waals surface area contributed by atoms with E-state index in [0.29, 0.717) is 0 Å². The third-order valence-electron chi connectivity index (χ3n) is 3.69. The molecule has 96 valence electrons. The van der Waals surface area contributed by atoms with Crippen molar-refractivity contribution in [1.82, 2.24) is 14.4 Å². The minimum absolute atomic E-state index is 0.752. The molecule has 5 heteroatoms. The summed E-state index contributed by atoms with van der Waals surface area (Å²) in [5.74, 6) is 0.752. The number of anilines is 1. The maximum atomic E-state index is 6.32. The number of nitrogens with zero attached hydrogens (tertiary/aromatic N) is 3. The third-order valence-corrected chi connectivity index (χ3v) is 4.83. The van der Waals surface area contributed by atoms with Crippen LogP contribution in [0.4, 0.5) is 5.82 Å². The third kappa shape index (κ3) is 1.58. The van der Waals surface area contributed by atoms with Gasteiger partial charge in [-0.15, -0.1) is 11.3 Å². The van der Waals surface area contributed by atoms with Crippen LogP contribution in [-0.4, -0.2) is 14.4 Å². The molecule has 1 aliphatic rings. The van der Waals surface area contributed by atoms with E-state index in [1.807, 2.05) is 18.3 Å². The van der Waals surface area contributed by atoms with E-state index in [9.17, 15) is 0 Å². The van der Waals surface area contributed by atoms with Crippen molar-refractivity contribution in [1.29, 1.82) is 0 Å². The molecule has 4 nitrogen and oxygen atoms in total. The molecule has 3 heterocycles. The van der Waals surface area contributed by atoms with Crippen LogP contribution >= 0.6 is 11.3 Å². The summed E-state index contributed by atoms with van der Waals surface area (Å²) in [6.07, 6.45) is 8.40. The second kappa shape index (κ2) is 4.06. The topological polar surface area (TPSA) is 56.2 Å². The van der Waals surface area contributed by atoms with Crippen molar-refractivity contribution in [3.8, 4) is 11.3 Å². The van der Waals surface area contributed by atoms with E-state index in [0.717, 1.165) is 28.5 Å². The van der Waals surface area contributed by atoms with E-state index >= 15 is 0 Å². The number of hydrogen-bond acceptors (Lipinski definition) is 4. The molecule has 4 rings (SSSR count). The van der Waals surface area contributed by atoms with Gasteiger partial charge in [0.25, 0.3) is 0 Å². The van der Waals surface area contributed by atoms with Crippen LogP contribution < -0.4 is 5.73 Å². The van der Waals surface area contributed by atoms with Crippen LogP contribution in [0.25, 0.3) is 16.2 Å². The van der Waals surface area contributed by atoms with Crippen LogP contribution in [0.5, 0.6) is 0 Å². The lowest BCUT2D eigenvalue weighted by molar-refractivity contribution is 0.675. The Labute approximate surface area is 114 Å². The summed E-state index contributed by atoms with van der Waals surface area (Å²) >= 11 is 1.78. The minimum Gasteiger partial charge on any atom is -0.383 e. The Bertz CT molecular complexity index is 742. The zero-order chi connectivity index (χ0) is 12.8. The van der Waals surface area contributed by atoms with Crippen LogP contribution in [0, 0.1) is 0 Å². The van der Waals surface area contributed by atoms with E-state index in [1.165, 1.54) is 29.8 Å². The van der Waals surface area contributed by atoms with Crippen molar-refractivity contribution in [2.45, 2.75) is 25.7 Å². The van der Waals surface area contributed by atoms with Gasteiger partial charge in [-0.05, 0) is 37.8 Å². The second-order valence-electron chi connectivity index (χ2n) is 4.88. The van der Waals surface area contributed by atoms with Crippen molar-refractivity contribution in [2.24, 2.45) is 0 Å². The average molecular weight is 270 g/mol. The van der Waals surface area contributed by atoms with E-state index < -0.39 is 0 Å². The van der Waals surface area contributed by atoms with Gasteiger partial charge in [-0.1, -0.05) is 0 Å². The monoisotopic (exact) mass is 270 g/mol. The first-order valence-electron chi connectivity index (χ1n) is 6.53. The quantitative estimate of drug-likeness (QED) is 0.739. The first-order chi connectivity index (χ1) is 9.34. The molecule has 1 aliphatic carbocycles. The molecule has 0 amide bonds. The number of thiazole rings is 1. The highest BCUT2D eigenvalue weighted by Gasteiger charge is 2.21. The van der Waals surface area contributed by atoms with E-state index in [1.54, 1.807) is 17.5 Å². The van der Waals surface area contributed by atoms with Gasteiger partial charge >= 0.3 is 0 Å². The predicted molar refractivity (Wildman–Crippen MR) is 77.4 cm³/mol. The van der Waals surface area contributed by atoms with Gasteiger partial charge in [0, 0.05) is 28.5 Å². The van der Waals surface area contributed by atoms with Crippen molar-refractivity contribution in [2.75, 3.05) is 5.73 Å². The summed E-state index contributed by atoms with van der Waals surface area (Å²) < 4.78 is 2.14. The van der Waals surface area contributed by atoms with Gasteiger partial charge in [0.2, 0.25) is 0 Å². The molecule has 0 saturated carbocycles. The van der Waals surface area contributed by atoms with Crippen molar-refractivity contribution >= 4 is 22.1 Å². The van der Waals surface area contributed by atoms with Gasteiger partial charge in [0.1, 0.15) is 11.5 Å². The summed E-state index contributed by atoms with van der Waals surface area (Å²) in [5.41, 5.74) is 9.53. The number of aryl methyl sites for hydroxylation is 2. The Balaban J connectivity index is 1.96. The molecule has 0 spiro atoms. The highest BCUT2D eigenvalue weighted by atomic mass is 32.1. The summed E-state index contributed by atoms with van der Waals surface area (Å²) in [7, 11) is 0. The average Bonchev–Trinajstić information content (AvgIpc) is 2.97. The summed E-state index contributed by atoms with van der Waals surface area (Å²) in [5, 5.41) is 0. The van der Waals surface area contributed by atoms with Crippen molar-refractivity contribution in [3.05, 3.63) is 35.1 Å². The molecule has 0 unspecified atom stereocenters. The highest BCUT2D eigenvalue weighted by molar-refractivity contribution is 7.17. The Morgan fingerprint density at radius 1 is 1.26 bits per heavy atom. The zero-order valence-corrected chi connectivity index (χ0v) is 11.3. The number of pyridine rings is 1. The van der Waals surface area contributed by atoms with Crippen LogP contribution in [-0.2, 0) is 12.8 Å². The lowest BCUT2D eigenvalue weighted by Crippen LogP contribution is -2.05. The second-order valence-corrected chi connectivity index (χ2v) is 5.95. The minimum atomic E-state index is 0.752.